The van der Waals surface area contributed by atoms with Gasteiger partial charge in [0.25, 0.3) is 5.91 Å². The van der Waals surface area contributed by atoms with Gasteiger partial charge in [0, 0.05) is 5.69 Å². The zero-order valence-electron chi connectivity index (χ0n) is 13.9. The SMILES string of the molecule is Cc1cccc(C)c1Nc1cnc(C(=O)Nc2ccccc2F)cn1. The van der Waals surface area contributed by atoms with Crippen molar-refractivity contribution in [1.82, 2.24) is 9.97 Å². The first kappa shape index (κ1) is 16.6. The Bertz CT molecular complexity index is 889. The molecule has 0 atom stereocenters. The Balaban J connectivity index is 1.74. The molecule has 0 radical (unpaired) electrons. The van der Waals surface area contributed by atoms with Gasteiger partial charge >= 0.3 is 0 Å². The van der Waals surface area contributed by atoms with E-state index in [1.165, 1.54) is 24.5 Å². The Hall–Kier alpha value is -3.28. The van der Waals surface area contributed by atoms with Gasteiger partial charge in [-0.3, -0.25) is 4.79 Å². The summed E-state index contributed by atoms with van der Waals surface area (Å²) in [5.41, 5.74) is 3.34. The third kappa shape index (κ3) is 3.80. The Morgan fingerprint density at radius 1 is 0.960 bits per heavy atom. The summed E-state index contributed by atoms with van der Waals surface area (Å²) in [6, 6.07) is 11.9. The summed E-state index contributed by atoms with van der Waals surface area (Å²) < 4.78 is 13.6. The molecule has 0 unspecified atom stereocenters. The highest BCUT2D eigenvalue weighted by Gasteiger charge is 2.11. The quantitative estimate of drug-likeness (QED) is 0.748. The van der Waals surface area contributed by atoms with Crippen LogP contribution in [0.3, 0.4) is 0 Å². The maximum Gasteiger partial charge on any atom is 0.275 e. The molecule has 0 saturated heterocycles. The molecular weight excluding hydrogens is 319 g/mol. The van der Waals surface area contributed by atoms with Crippen LogP contribution < -0.4 is 10.6 Å². The molecule has 1 heterocycles. The lowest BCUT2D eigenvalue weighted by Crippen LogP contribution is -2.15. The molecule has 0 aliphatic rings. The maximum atomic E-state index is 13.6. The van der Waals surface area contributed by atoms with Crippen LogP contribution in [-0.4, -0.2) is 15.9 Å². The molecule has 3 rings (SSSR count). The van der Waals surface area contributed by atoms with E-state index in [2.05, 4.69) is 20.6 Å². The van der Waals surface area contributed by atoms with Crippen LogP contribution in [-0.2, 0) is 0 Å². The highest BCUT2D eigenvalue weighted by atomic mass is 19.1. The summed E-state index contributed by atoms with van der Waals surface area (Å²) in [6.45, 7) is 4.00. The fourth-order valence-electron chi connectivity index (χ4n) is 2.40. The topological polar surface area (TPSA) is 66.9 Å². The average Bonchev–Trinajstić information content (AvgIpc) is 2.61. The zero-order chi connectivity index (χ0) is 17.8. The summed E-state index contributed by atoms with van der Waals surface area (Å²) in [5, 5.41) is 5.68. The van der Waals surface area contributed by atoms with Gasteiger partial charge in [-0.25, -0.2) is 14.4 Å². The van der Waals surface area contributed by atoms with Crippen molar-refractivity contribution in [2.75, 3.05) is 10.6 Å². The number of anilines is 3. The molecule has 3 aromatic rings. The van der Waals surface area contributed by atoms with Crippen molar-refractivity contribution in [2.45, 2.75) is 13.8 Å². The lowest BCUT2D eigenvalue weighted by Gasteiger charge is -2.12. The fraction of sp³-hybridized carbons (Fsp3) is 0.105. The van der Waals surface area contributed by atoms with Crippen LogP contribution >= 0.6 is 0 Å². The number of hydrogen-bond acceptors (Lipinski definition) is 4. The average molecular weight is 336 g/mol. The summed E-state index contributed by atoms with van der Waals surface area (Å²) in [4.78, 5) is 20.5. The van der Waals surface area contributed by atoms with Crippen molar-refractivity contribution in [3.63, 3.8) is 0 Å². The van der Waals surface area contributed by atoms with E-state index in [4.69, 9.17) is 0 Å². The molecule has 5 nitrogen and oxygen atoms in total. The second-order valence-corrected chi connectivity index (χ2v) is 5.61. The highest BCUT2D eigenvalue weighted by molar-refractivity contribution is 6.02. The molecule has 0 aliphatic carbocycles. The zero-order valence-corrected chi connectivity index (χ0v) is 13.9. The van der Waals surface area contributed by atoms with Gasteiger partial charge in [0.05, 0.1) is 18.1 Å². The van der Waals surface area contributed by atoms with Crippen LogP contribution in [0.1, 0.15) is 21.6 Å². The number of aryl methyl sites for hydroxylation is 2. The van der Waals surface area contributed by atoms with E-state index in [0.29, 0.717) is 5.82 Å². The van der Waals surface area contributed by atoms with E-state index < -0.39 is 11.7 Å². The Kier molecular flexibility index (Phi) is 4.70. The number of hydrogen-bond donors (Lipinski definition) is 2. The molecule has 0 bridgehead atoms. The molecule has 0 saturated carbocycles. The van der Waals surface area contributed by atoms with Crippen molar-refractivity contribution in [3.05, 3.63) is 77.5 Å². The normalized spacial score (nSPS) is 10.4. The largest absolute Gasteiger partial charge is 0.339 e. The minimum absolute atomic E-state index is 0.104. The second-order valence-electron chi connectivity index (χ2n) is 5.61. The number of para-hydroxylation sites is 2. The van der Waals surface area contributed by atoms with E-state index in [0.717, 1.165) is 16.8 Å². The van der Waals surface area contributed by atoms with Crippen LogP contribution in [0.25, 0.3) is 0 Å². The lowest BCUT2D eigenvalue weighted by atomic mass is 10.1. The Morgan fingerprint density at radius 3 is 2.32 bits per heavy atom. The third-order valence-corrected chi connectivity index (χ3v) is 3.74. The molecule has 2 aromatic carbocycles. The number of carbonyl (C=O) groups is 1. The van der Waals surface area contributed by atoms with Gasteiger partial charge in [0.1, 0.15) is 17.3 Å². The summed E-state index contributed by atoms with van der Waals surface area (Å²) in [6.07, 6.45) is 2.83. The number of carbonyl (C=O) groups excluding carboxylic acids is 1. The minimum atomic E-state index is -0.517. The second kappa shape index (κ2) is 7.09. The van der Waals surface area contributed by atoms with E-state index in [1.54, 1.807) is 12.1 Å². The summed E-state index contributed by atoms with van der Waals surface area (Å²) >= 11 is 0. The molecule has 1 aromatic heterocycles. The summed E-state index contributed by atoms with van der Waals surface area (Å²) in [5.74, 6) is -0.492. The first-order chi connectivity index (χ1) is 12.0. The van der Waals surface area contributed by atoms with Gasteiger partial charge in [-0.2, -0.15) is 0 Å². The van der Waals surface area contributed by atoms with E-state index >= 15 is 0 Å². The molecule has 0 aliphatic heterocycles. The van der Waals surface area contributed by atoms with Gasteiger partial charge in [-0.15, -0.1) is 0 Å². The van der Waals surface area contributed by atoms with Gasteiger partial charge in [-0.1, -0.05) is 30.3 Å². The van der Waals surface area contributed by atoms with E-state index in [9.17, 15) is 9.18 Å². The number of halogens is 1. The first-order valence-corrected chi connectivity index (χ1v) is 7.76. The van der Waals surface area contributed by atoms with E-state index in [-0.39, 0.29) is 11.4 Å². The van der Waals surface area contributed by atoms with Gasteiger partial charge in [0.15, 0.2) is 0 Å². The standard InChI is InChI=1S/C19H17FN4O/c1-12-6-5-7-13(2)18(12)24-17-11-21-16(10-22-17)19(25)23-15-9-4-3-8-14(15)20/h3-11H,1-2H3,(H,22,24)(H,23,25). The molecule has 25 heavy (non-hydrogen) atoms. The summed E-state index contributed by atoms with van der Waals surface area (Å²) in [7, 11) is 0. The fourth-order valence-corrected chi connectivity index (χ4v) is 2.40. The third-order valence-electron chi connectivity index (χ3n) is 3.74. The van der Waals surface area contributed by atoms with Crippen molar-refractivity contribution >= 4 is 23.1 Å². The monoisotopic (exact) mass is 336 g/mol. The lowest BCUT2D eigenvalue weighted by molar-refractivity contribution is 0.102. The minimum Gasteiger partial charge on any atom is -0.339 e. The molecule has 2 N–H and O–H groups in total. The van der Waals surface area contributed by atoms with Crippen molar-refractivity contribution < 1.29 is 9.18 Å². The molecule has 126 valence electrons. The molecule has 1 amide bonds. The first-order valence-electron chi connectivity index (χ1n) is 7.76. The van der Waals surface area contributed by atoms with Crippen molar-refractivity contribution in [1.29, 1.82) is 0 Å². The number of rotatable bonds is 4. The van der Waals surface area contributed by atoms with Crippen molar-refractivity contribution in [3.8, 4) is 0 Å². The van der Waals surface area contributed by atoms with Gasteiger partial charge in [-0.05, 0) is 37.1 Å². The number of aromatic nitrogens is 2. The highest BCUT2D eigenvalue weighted by Crippen LogP contribution is 2.23. The maximum absolute atomic E-state index is 13.6. The smallest absolute Gasteiger partial charge is 0.275 e. The predicted octanol–water partition coefficient (Wildman–Crippen LogP) is 4.23. The van der Waals surface area contributed by atoms with E-state index in [1.807, 2.05) is 32.0 Å². The Morgan fingerprint density at radius 2 is 1.68 bits per heavy atom. The molecule has 6 heteroatoms. The van der Waals surface area contributed by atoms with Crippen LogP contribution in [0.4, 0.5) is 21.6 Å². The van der Waals surface area contributed by atoms with Crippen LogP contribution in [0.2, 0.25) is 0 Å². The Labute approximate surface area is 145 Å². The molecular formula is C19H17FN4O. The number of nitrogens with zero attached hydrogens (tertiary/aromatic N) is 2. The number of amides is 1. The van der Waals surface area contributed by atoms with Gasteiger partial charge < -0.3 is 10.6 Å². The molecule has 0 spiro atoms. The number of benzene rings is 2. The molecule has 0 fully saturated rings. The van der Waals surface area contributed by atoms with Crippen LogP contribution in [0.5, 0.6) is 0 Å². The predicted molar refractivity (Wildman–Crippen MR) is 95.6 cm³/mol. The van der Waals surface area contributed by atoms with Crippen molar-refractivity contribution in [2.24, 2.45) is 0 Å². The van der Waals surface area contributed by atoms with Crippen LogP contribution in [0, 0.1) is 19.7 Å². The van der Waals surface area contributed by atoms with Crippen LogP contribution in [0.15, 0.2) is 54.9 Å². The van der Waals surface area contributed by atoms with Gasteiger partial charge in [0.2, 0.25) is 0 Å². The number of nitrogens with one attached hydrogen (secondary N) is 2.